The number of hydrogen-bond donors (Lipinski definition) is 1. The van der Waals surface area contributed by atoms with Crippen LogP contribution in [0.1, 0.15) is 0 Å². The van der Waals surface area contributed by atoms with Crippen LogP contribution in [-0.2, 0) is 0 Å². The van der Waals surface area contributed by atoms with Crippen molar-refractivity contribution < 1.29 is 0 Å². The molecule has 3 heteroatoms. The summed E-state index contributed by atoms with van der Waals surface area (Å²) in [5.74, 6) is 0.812. The molecule has 0 amide bonds. The van der Waals surface area contributed by atoms with Gasteiger partial charge >= 0.3 is 0 Å². The number of aliphatic imine (C=N–C) groups is 1. The van der Waals surface area contributed by atoms with Crippen molar-refractivity contribution in [3.8, 4) is 0 Å². The maximum atomic E-state index is 4.29. The number of anilines is 2. The molecule has 0 aromatic heterocycles. The summed E-state index contributed by atoms with van der Waals surface area (Å²) >= 11 is 0. The fourth-order valence-electron chi connectivity index (χ4n) is 1.71. The van der Waals surface area contributed by atoms with Gasteiger partial charge in [0.1, 0.15) is 0 Å². The van der Waals surface area contributed by atoms with Gasteiger partial charge < -0.3 is 10.2 Å². The molecule has 92 valence electrons. The van der Waals surface area contributed by atoms with Crippen LogP contribution in [0.4, 0.5) is 11.4 Å². The molecule has 1 N–H and O–H groups in total. The summed E-state index contributed by atoms with van der Waals surface area (Å²) in [6.07, 6.45) is 0. The summed E-state index contributed by atoms with van der Waals surface area (Å²) in [5, 5.41) is 3.30. The van der Waals surface area contributed by atoms with Crippen LogP contribution in [0.3, 0.4) is 0 Å². The normalized spacial score (nSPS) is 11.1. The van der Waals surface area contributed by atoms with Crippen LogP contribution in [-0.4, -0.2) is 20.1 Å². The van der Waals surface area contributed by atoms with Gasteiger partial charge in [0, 0.05) is 25.5 Å². The van der Waals surface area contributed by atoms with Crippen LogP contribution in [0.2, 0.25) is 0 Å². The van der Waals surface area contributed by atoms with Crippen molar-refractivity contribution in [3.63, 3.8) is 0 Å². The number of nitrogens with zero attached hydrogens (tertiary/aromatic N) is 2. The molecule has 3 nitrogen and oxygen atoms in total. The number of nitrogens with one attached hydrogen (secondary N) is 1. The van der Waals surface area contributed by atoms with Gasteiger partial charge in [0.2, 0.25) is 5.96 Å². The monoisotopic (exact) mass is 239 g/mol. The Hall–Kier alpha value is -2.29. The Balaban J connectivity index is 2.15. The van der Waals surface area contributed by atoms with Gasteiger partial charge in [0.15, 0.2) is 0 Å². The molecule has 0 radical (unpaired) electrons. The topological polar surface area (TPSA) is 27.6 Å². The summed E-state index contributed by atoms with van der Waals surface area (Å²) in [7, 11) is 3.78. The van der Waals surface area contributed by atoms with Crippen LogP contribution in [0.25, 0.3) is 0 Å². The third kappa shape index (κ3) is 2.88. The molecule has 0 aliphatic rings. The molecule has 0 unspecified atom stereocenters. The molecule has 2 rings (SSSR count). The van der Waals surface area contributed by atoms with Crippen LogP contribution in [0.15, 0.2) is 65.7 Å². The average Bonchev–Trinajstić information content (AvgIpc) is 2.46. The van der Waals surface area contributed by atoms with Crippen molar-refractivity contribution in [2.75, 3.05) is 24.3 Å². The van der Waals surface area contributed by atoms with E-state index in [-0.39, 0.29) is 0 Å². The molecule has 2 aromatic rings. The van der Waals surface area contributed by atoms with Gasteiger partial charge in [0.25, 0.3) is 0 Å². The van der Waals surface area contributed by atoms with Crippen LogP contribution >= 0.6 is 0 Å². The molecule has 2 aromatic carbocycles. The van der Waals surface area contributed by atoms with Gasteiger partial charge in [-0.15, -0.1) is 0 Å². The minimum absolute atomic E-state index is 0.812. The molecule has 0 bridgehead atoms. The maximum absolute atomic E-state index is 4.29. The van der Waals surface area contributed by atoms with E-state index in [0.29, 0.717) is 0 Å². The van der Waals surface area contributed by atoms with Gasteiger partial charge in [0.05, 0.1) is 0 Å². The molecule has 0 saturated carbocycles. The fourth-order valence-corrected chi connectivity index (χ4v) is 1.71. The van der Waals surface area contributed by atoms with Crippen LogP contribution in [0.5, 0.6) is 0 Å². The van der Waals surface area contributed by atoms with E-state index in [2.05, 4.69) is 22.4 Å². The first-order valence-electron chi connectivity index (χ1n) is 5.89. The van der Waals surface area contributed by atoms with Crippen LogP contribution in [0, 0.1) is 0 Å². The highest BCUT2D eigenvalue weighted by molar-refractivity contribution is 6.04. The van der Waals surface area contributed by atoms with E-state index in [4.69, 9.17) is 0 Å². The minimum Gasteiger partial charge on any atom is -0.326 e. The third-order valence-corrected chi connectivity index (χ3v) is 2.70. The number of rotatable bonds is 2. The Morgan fingerprint density at radius 3 is 2.06 bits per heavy atom. The first kappa shape index (κ1) is 12.2. The fraction of sp³-hybridized carbons (Fsp3) is 0.133. The molecule has 0 aliphatic heterocycles. The molecule has 0 heterocycles. The highest BCUT2D eigenvalue weighted by Crippen LogP contribution is 2.13. The number of guanidine groups is 1. The Morgan fingerprint density at radius 2 is 1.50 bits per heavy atom. The second-order valence-electron chi connectivity index (χ2n) is 3.93. The molecular formula is C15H17N3. The predicted molar refractivity (Wildman–Crippen MR) is 78.3 cm³/mol. The molecule has 0 fully saturated rings. The van der Waals surface area contributed by atoms with Gasteiger partial charge in [-0.1, -0.05) is 36.4 Å². The van der Waals surface area contributed by atoms with Crippen LogP contribution < -0.4 is 10.2 Å². The van der Waals surface area contributed by atoms with Crippen molar-refractivity contribution >= 4 is 17.3 Å². The standard InChI is InChI=1S/C15H17N3/c1-16-15(17-13-9-5-3-6-10-13)18(2)14-11-7-4-8-12-14/h3-12H,1-2H3,(H,16,17). The summed E-state index contributed by atoms with van der Waals surface area (Å²) in [5.41, 5.74) is 2.13. The van der Waals surface area contributed by atoms with Crippen molar-refractivity contribution in [1.82, 2.24) is 0 Å². The molecule has 0 spiro atoms. The van der Waals surface area contributed by atoms with E-state index in [9.17, 15) is 0 Å². The van der Waals surface area contributed by atoms with Crippen molar-refractivity contribution in [1.29, 1.82) is 0 Å². The van der Waals surface area contributed by atoms with E-state index in [1.165, 1.54) is 0 Å². The van der Waals surface area contributed by atoms with E-state index < -0.39 is 0 Å². The first-order chi connectivity index (χ1) is 8.81. The summed E-state index contributed by atoms with van der Waals surface area (Å²) in [6, 6.07) is 20.2. The smallest absolute Gasteiger partial charge is 0.202 e. The average molecular weight is 239 g/mol. The van der Waals surface area contributed by atoms with Gasteiger partial charge in [-0.3, -0.25) is 4.99 Å². The van der Waals surface area contributed by atoms with Gasteiger partial charge in [-0.05, 0) is 24.3 Å². The summed E-state index contributed by atoms with van der Waals surface area (Å²) in [6.45, 7) is 0. The maximum Gasteiger partial charge on any atom is 0.202 e. The predicted octanol–water partition coefficient (Wildman–Crippen LogP) is 3.22. The lowest BCUT2D eigenvalue weighted by Gasteiger charge is -2.22. The first-order valence-corrected chi connectivity index (χ1v) is 5.89. The molecule has 0 aliphatic carbocycles. The Bertz CT molecular complexity index is 506. The summed E-state index contributed by atoms with van der Waals surface area (Å²) < 4.78 is 0. The summed E-state index contributed by atoms with van der Waals surface area (Å²) in [4.78, 5) is 6.31. The Morgan fingerprint density at radius 1 is 0.944 bits per heavy atom. The molecule has 0 atom stereocenters. The van der Waals surface area contributed by atoms with Crippen molar-refractivity contribution in [2.24, 2.45) is 4.99 Å². The molecule has 0 saturated heterocycles. The highest BCUT2D eigenvalue weighted by atomic mass is 15.3. The lowest BCUT2D eigenvalue weighted by atomic mass is 10.3. The van der Waals surface area contributed by atoms with Crippen molar-refractivity contribution in [2.45, 2.75) is 0 Å². The van der Waals surface area contributed by atoms with Gasteiger partial charge in [-0.2, -0.15) is 0 Å². The zero-order chi connectivity index (χ0) is 12.8. The SMILES string of the molecule is C/N=C(\Nc1ccccc1)N(C)c1ccccc1. The number of benzene rings is 2. The zero-order valence-electron chi connectivity index (χ0n) is 10.7. The number of hydrogen-bond acceptors (Lipinski definition) is 1. The highest BCUT2D eigenvalue weighted by Gasteiger charge is 2.07. The van der Waals surface area contributed by atoms with E-state index >= 15 is 0 Å². The zero-order valence-corrected chi connectivity index (χ0v) is 10.7. The molecule has 18 heavy (non-hydrogen) atoms. The van der Waals surface area contributed by atoms with Gasteiger partial charge in [-0.25, -0.2) is 0 Å². The van der Waals surface area contributed by atoms with E-state index in [1.807, 2.05) is 60.5 Å². The third-order valence-electron chi connectivity index (χ3n) is 2.70. The lowest BCUT2D eigenvalue weighted by molar-refractivity contribution is 1.22. The molecular weight excluding hydrogens is 222 g/mol. The number of para-hydroxylation sites is 2. The Kier molecular flexibility index (Phi) is 3.97. The largest absolute Gasteiger partial charge is 0.326 e. The quantitative estimate of drug-likeness (QED) is 0.643. The van der Waals surface area contributed by atoms with E-state index in [0.717, 1.165) is 17.3 Å². The lowest BCUT2D eigenvalue weighted by Crippen LogP contribution is -2.32. The van der Waals surface area contributed by atoms with Crippen molar-refractivity contribution in [3.05, 3.63) is 60.7 Å². The minimum atomic E-state index is 0.812. The second kappa shape index (κ2) is 5.87. The Labute approximate surface area is 108 Å². The van der Waals surface area contributed by atoms with E-state index in [1.54, 1.807) is 7.05 Å². The second-order valence-corrected chi connectivity index (χ2v) is 3.93.